The summed E-state index contributed by atoms with van der Waals surface area (Å²) in [5.41, 5.74) is 5.52. The molecule has 114 valence electrons. The van der Waals surface area contributed by atoms with E-state index in [1.807, 2.05) is 0 Å². The molecule has 0 aliphatic heterocycles. The number of hydrogen-bond acceptors (Lipinski definition) is 5. The zero-order valence-corrected chi connectivity index (χ0v) is 12.4. The third-order valence-electron chi connectivity index (χ3n) is 2.28. The van der Waals surface area contributed by atoms with Crippen molar-refractivity contribution < 1.29 is 22.3 Å². The molecular weight excluding hydrogens is 311 g/mol. The van der Waals surface area contributed by atoms with E-state index < -0.39 is 20.7 Å². The van der Waals surface area contributed by atoms with Gasteiger partial charge in [0.05, 0.1) is 24.8 Å². The standard InChI is InChI=1S/C11H16ClFN2O4S/c1-18-4-5-19-3-2-15-20(16,17)10-7-8(14)6-9(12)11(10)13/h6-7,15H,2-5,14H2,1H3. The Morgan fingerprint density at radius 2 is 2.05 bits per heavy atom. The summed E-state index contributed by atoms with van der Waals surface area (Å²) in [5.74, 6) is -1.03. The minimum Gasteiger partial charge on any atom is -0.399 e. The Balaban J connectivity index is 2.65. The molecule has 0 spiro atoms. The van der Waals surface area contributed by atoms with Crippen LogP contribution in [0.3, 0.4) is 0 Å². The molecule has 1 aromatic rings. The van der Waals surface area contributed by atoms with Gasteiger partial charge >= 0.3 is 0 Å². The van der Waals surface area contributed by atoms with Crippen LogP contribution in [0.25, 0.3) is 0 Å². The number of rotatable bonds is 8. The average molecular weight is 327 g/mol. The van der Waals surface area contributed by atoms with Crippen LogP contribution >= 0.6 is 11.6 Å². The molecule has 0 radical (unpaired) electrons. The van der Waals surface area contributed by atoms with Crippen molar-refractivity contribution >= 4 is 27.3 Å². The second-order valence-electron chi connectivity index (χ2n) is 3.82. The lowest BCUT2D eigenvalue weighted by Gasteiger charge is -2.09. The van der Waals surface area contributed by atoms with Crippen molar-refractivity contribution in [3.63, 3.8) is 0 Å². The molecule has 0 unspecified atom stereocenters. The summed E-state index contributed by atoms with van der Waals surface area (Å²) < 4.78 is 49.5. The molecular formula is C11H16ClFN2O4S. The molecule has 0 atom stereocenters. The Kier molecular flexibility index (Phi) is 6.63. The average Bonchev–Trinajstić information content (AvgIpc) is 2.37. The Hall–Kier alpha value is -0.930. The van der Waals surface area contributed by atoms with Gasteiger partial charge in [0.15, 0.2) is 5.82 Å². The van der Waals surface area contributed by atoms with Crippen LogP contribution < -0.4 is 10.5 Å². The van der Waals surface area contributed by atoms with Gasteiger partial charge in [-0.3, -0.25) is 0 Å². The van der Waals surface area contributed by atoms with E-state index in [0.717, 1.165) is 12.1 Å². The number of hydrogen-bond donors (Lipinski definition) is 2. The number of ether oxygens (including phenoxy) is 2. The predicted octanol–water partition coefficient (Wildman–Crippen LogP) is 1.00. The van der Waals surface area contributed by atoms with Crippen LogP contribution in [0, 0.1) is 5.82 Å². The Morgan fingerprint density at radius 3 is 2.70 bits per heavy atom. The fourth-order valence-corrected chi connectivity index (χ4v) is 2.78. The third kappa shape index (κ3) is 4.88. The number of anilines is 1. The molecule has 9 heteroatoms. The number of nitrogens with one attached hydrogen (secondary N) is 1. The maximum atomic E-state index is 13.7. The Morgan fingerprint density at radius 1 is 1.35 bits per heavy atom. The van der Waals surface area contributed by atoms with Crippen LogP contribution in [0.5, 0.6) is 0 Å². The van der Waals surface area contributed by atoms with Gasteiger partial charge in [0.1, 0.15) is 4.90 Å². The van der Waals surface area contributed by atoms with Crippen LogP contribution in [0.15, 0.2) is 17.0 Å². The van der Waals surface area contributed by atoms with Crippen LogP contribution in [-0.2, 0) is 19.5 Å². The van der Waals surface area contributed by atoms with Crippen molar-refractivity contribution in [2.45, 2.75) is 4.90 Å². The van der Waals surface area contributed by atoms with E-state index in [-0.39, 0.29) is 23.9 Å². The van der Waals surface area contributed by atoms with Crippen LogP contribution in [0.1, 0.15) is 0 Å². The molecule has 6 nitrogen and oxygen atoms in total. The van der Waals surface area contributed by atoms with Crippen molar-refractivity contribution in [3.05, 3.63) is 23.0 Å². The van der Waals surface area contributed by atoms with Crippen LogP contribution in [0.4, 0.5) is 10.1 Å². The SMILES string of the molecule is COCCOCCNS(=O)(=O)c1cc(N)cc(Cl)c1F. The molecule has 1 rings (SSSR count). The second-order valence-corrected chi connectivity index (χ2v) is 5.96. The molecule has 0 aliphatic rings. The largest absolute Gasteiger partial charge is 0.399 e. The highest BCUT2D eigenvalue weighted by Crippen LogP contribution is 2.25. The van der Waals surface area contributed by atoms with Crippen molar-refractivity contribution in [2.24, 2.45) is 0 Å². The van der Waals surface area contributed by atoms with E-state index in [9.17, 15) is 12.8 Å². The summed E-state index contributed by atoms with van der Waals surface area (Å²) in [5, 5.41) is -0.346. The molecule has 0 amide bonds. The summed E-state index contributed by atoms with van der Waals surface area (Å²) in [6, 6.07) is 2.15. The van der Waals surface area contributed by atoms with Gasteiger partial charge in [-0.05, 0) is 12.1 Å². The minimum absolute atomic E-state index is 0.00208. The molecule has 20 heavy (non-hydrogen) atoms. The topological polar surface area (TPSA) is 90.6 Å². The normalized spacial score (nSPS) is 11.8. The quantitative estimate of drug-likeness (QED) is 0.549. The van der Waals surface area contributed by atoms with Gasteiger partial charge in [-0.15, -0.1) is 0 Å². The number of methoxy groups -OCH3 is 1. The first-order valence-corrected chi connectivity index (χ1v) is 7.55. The van der Waals surface area contributed by atoms with Gasteiger partial charge in [0, 0.05) is 19.3 Å². The molecule has 0 bridgehead atoms. The first kappa shape index (κ1) is 17.1. The first-order chi connectivity index (χ1) is 9.38. The molecule has 3 N–H and O–H groups in total. The minimum atomic E-state index is -4.03. The Labute approximate surface area is 122 Å². The molecule has 0 saturated heterocycles. The van der Waals surface area contributed by atoms with Gasteiger partial charge < -0.3 is 15.2 Å². The maximum Gasteiger partial charge on any atom is 0.243 e. The maximum absolute atomic E-state index is 13.7. The molecule has 1 aromatic carbocycles. The number of sulfonamides is 1. The summed E-state index contributed by atoms with van der Waals surface area (Å²) in [6.07, 6.45) is 0. The van der Waals surface area contributed by atoms with Crippen molar-refractivity contribution in [1.29, 1.82) is 0 Å². The first-order valence-electron chi connectivity index (χ1n) is 5.69. The smallest absolute Gasteiger partial charge is 0.243 e. The monoisotopic (exact) mass is 326 g/mol. The highest BCUT2D eigenvalue weighted by Gasteiger charge is 2.21. The van der Waals surface area contributed by atoms with Crippen molar-refractivity contribution in [2.75, 3.05) is 39.2 Å². The predicted molar refractivity (Wildman–Crippen MR) is 73.7 cm³/mol. The van der Waals surface area contributed by atoms with Crippen molar-refractivity contribution in [1.82, 2.24) is 4.72 Å². The highest BCUT2D eigenvalue weighted by molar-refractivity contribution is 7.89. The summed E-state index contributed by atoms with van der Waals surface area (Å²) in [4.78, 5) is -0.584. The van der Waals surface area contributed by atoms with Crippen LogP contribution in [-0.4, -0.2) is 41.9 Å². The van der Waals surface area contributed by atoms with E-state index in [0.29, 0.717) is 13.2 Å². The van der Waals surface area contributed by atoms with Gasteiger partial charge in [-0.25, -0.2) is 17.5 Å². The number of benzene rings is 1. The summed E-state index contributed by atoms with van der Waals surface area (Å²) >= 11 is 5.56. The van der Waals surface area contributed by atoms with Crippen LogP contribution in [0.2, 0.25) is 5.02 Å². The van der Waals surface area contributed by atoms with E-state index in [1.54, 1.807) is 0 Å². The summed E-state index contributed by atoms with van der Waals surface area (Å²) in [6.45, 7) is 0.890. The van der Waals surface area contributed by atoms with Gasteiger partial charge in [-0.2, -0.15) is 0 Å². The van der Waals surface area contributed by atoms with E-state index in [1.165, 1.54) is 7.11 Å². The van der Waals surface area contributed by atoms with Gasteiger partial charge in [-0.1, -0.05) is 11.6 Å². The zero-order valence-electron chi connectivity index (χ0n) is 10.9. The molecule has 0 aliphatic carbocycles. The lowest BCUT2D eigenvalue weighted by molar-refractivity contribution is 0.0736. The van der Waals surface area contributed by atoms with Gasteiger partial charge in [0.25, 0.3) is 0 Å². The molecule has 0 saturated carbocycles. The van der Waals surface area contributed by atoms with E-state index in [4.69, 9.17) is 26.8 Å². The lowest BCUT2D eigenvalue weighted by atomic mass is 10.3. The van der Waals surface area contributed by atoms with Crippen molar-refractivity contribution in [3.8, 4) is 0 Å². The fraction of sp³-hybridized carbons (Fsp3) is 0.455. The lowest BCUT2D eigenvalue weighted by Crippen LogP contribution is -2.28. The fourth-order valence-electron chi connectivity index (χ4n) is 1.35. The zero-order chi connectivity index (χ0) is 15.2. The Bertz CT molecular complexity index is 554. The molecule has 0 heterocycles. The second kappa shape index (κ2) is 7.75. The number of nitrogens with two attached hydrogens (primary N) is 1. The molecule has 0 aromatic heterocycles. The highest BCUT2D eigenvalue weighted by atomic mass is 35.5. The third-order valence-corrected chi connectivity index (χ3v) is 4.01. The molecule has 0 fully saturated rings. The van der Waals surface area contributed by atoms with E-state index >= 15 is 0 Å². The number of nitrogen functional groups attached to an aromatic ring is 1. The van der Waals surface area contributed by atoms with E-state index in [2.05, 4.69) is 4.72 Å². The van der Waals surface area contributed by atoms with Gasteiger partial charge in [0.2, 0.25) is 10.0 Å². The summed E-state index contributed by atoms with van der Waals surface area (Å²) in [7, 11) is -2.50. The number of halogens is 2.